The quantitative estimate of drug-likeness (QED) is 0.115. The van der Waals surface area contributed by atoms with Gasteiger partial charge in [-0.05, 0) is 31.5 Å². The Bertz CT molecular complexity index is 719. The van der Waals surface area contributed by atoms with E-state index in [1.807, 2.05) is 0 Å². The normalized spacial score (nSPS) is 11.2. The summed E-state index contributed by atoms with van der Waals surface area (Å²) in [5.74, 6) is -0.171. The number of ether oxygens (including phenoxy) is 1. The molecular weight excluding hydrogens is 423 g/mol. The van der Waals surface area contributed by atoms with Crippen molar-refractivity contribution < 1.29 is 22.5 Å². The number of Topliss-reactive ketones (excluding diaryl/α,β-unsaturated/α-hetero) is 1. The number of hydrogen-bond donors (Lipinski definition) is 1. The molecular formula is C24H40NaO5S. The summed E-state index contributed by atoms with van der Waals surface area (Å²) in [4.78, 5) is 11.1. The van der Waals surface area contributed by atoms with E-state index in [-0.39, 0.29) is 51.5 Å². The van der Waals surface area contributed by atoms with Crippen molar-refractivity contribution >= 4 is 45.5 Å². The minimum absolute atomic E-state index is 0. The Kier molecular flexibility index (Phi) is 17.8. The Morgan fingerprint density at radius 2 is 1.29 bits per heavy atom. The molecule has 0 spiro atoms. The molecule has 1 radical (unpaired) electrons. The van der Waals surface area contributed by atoms with Crippen molar-refractivity contribution in [3.8, 4) is 5.75 Å². The summed E-state index contributed by atoms with van der Waals surface area (Å²) in [5, 5.41) is 0. The fraction of sp³-hybridized carbons (Fsp3) is 0.708. The van der Waals surface area contributed by atoms with E-state index in [4.69, 9.17) is 4.74 Å². The molecule has 5 nitrogen and oxygen atoms in total. The number of carbonyl (C=O) groups excluding carboxylic acids is 1. The molecule has 0 amide bonds. The molecule has 0 saturated heterocycles. The largest absolute Gasteiger partial charge is 0.492 e. The van der Waals surface area contributed by atoms with Crippen LogP contribution in [-0.4, -0.2) is 54.9 Å². The molecule has 7 heteroatoms. The first-order valence-electron chi connectivity index (χ1n) is 11.6. The third kappa shape index (κ3) is 14.4. The first-order chi connectivity index (χ1) is 14.4. The van der Waals surface area contributed by atoms with Gasteiger partial charge in [-0.1, -0.05) is 90.4 Å². The third-order valence-corrected chi connectivity index (χ3v) is 6.26. The Balaban J connectivity index is 0.00000900. The van der Waals surface area contributed by atoms with E-state index in [1.54, 1.807) is 0 Å². The van der Waals surface area contributed by atoms with Gasteiger partial charge in [-0.15, -0.1) is 0 Å². The van der Waals surface area contributed by atoms with Gasteiger partial charge in [0.1, 0.15) is 10.6 Å². The third-order valence-electron chi connectivity index (χ3n) is 5.38. The van der Waals surface area contributed by atoms with Gasteiger partial charge in [-0.3, -0.25) is 9.35 Å². The molecule has 0 bridgehead atoms. The van der Waals surface area contributed by atoms with Gasteiger partial charge in [-0.25, -0.2) is 0 Å². The zero-order valence-electron chi connectivity index (χ0n) is 19.8. The second-order valence-corrected chi connectivity index (χ2v) is 9.53. The van der Waals surface area contributed by atoms with Crippen LogP contribution in [0, 0.1) is 0 Å². The van der Waals surface area contributed by atoms with E-state index in [0.717, 1.165) is 25.3 Å². The van der Waals surface area contributed by atoms with Crippen LogP contribution in [0.4, 0.5) is 0 Å². The first kappa shape index (κ1) is 30.6. The molecule has 31 heavy (non-hydrogen) atoms. The molecule has 1 N–H and O–H groups in total. The van der Waals surface area contributed by atoms with Gasteiger partial charge >= 0.3 is 0 Å². The van der Waals surface area contributed by atoms with Crippen molar-refractivity contribution in [2.75, 3.05) is 6.61 Å². The van der Waals surface area contributed by atoms with Gasteiger partial charge in [0.25, 0.3) is 10.1 Å². The van der Waals surface area contributed by atoms with Crippen molar-refractivity contribution in [3.63, 3.8) is 0 Å². The summed E-state index contributed by atoms with van der Waals surface area (Å²) in [6.45, 7) is 3.99. The zero-order valence-corrected chi connectivity index (χ0v) is 22.6. The van der Waals surface area contributed by atoms with Crippen LogP contribution in [0.2, 0.25) is 0 Å². The van der Waals surface area contributed by atoms with Gasteiger partial charge < -0.3 is 4.74 Å². The van der Waals surface area contributed by atoms with Crippen LogP contribution in [-0.2, 0) is 10.1 Å². The molecule has 0 saturated carbocycles. The van der Waals surface area contributed by atoms with Crippen molar-refractivity contribution in [2.24, 2.45) is 0 Å². The van der Waals surface area contributed by atoms with Crippen molar-refractivity contribution in [3.05, 3.63) is 23.8 Å². The van der Waals surface area contributed by atoms with E-state index < -0.39 is 10.1 Å². The molecule has 0 aliphatic rings. The Morgan fingerprint density at radius 1 is 0.839 bits per heavy atom. The van der Waals surface area contributed by atoms with Crippen molar-refractivity contribution in [2.45, 2.75) is 109 Å². The molecule has 0 aromatic heterocycles. The van der Waals surface area contributed by atoms with Crippen LogP contribution in [0.1, 0.15) is 114 Å². The fourth-order valence-electron chi connectivity index (χ4n) is 3.53. The number of rotatable bonds is 18. The molecule has 1 aromatic rings. The minimum Gasteiger partial charge on any atom is -0.492 e. The monoisotopic (exact) mass is 463 g/mol. The summed E-state index contributed by atoms with van der Waals surface area (Å²) in [6, 6.07) is 4.11. The van der Waals surface area contributed by atoms with E-state index in [1.165, 1.54) is 89.7 Å². The van der Waals surface area contributed by atoms with Crippen LogP contribution < -0.4 is 4.74 Å². The van der Waals surface area contributed by atoms with E-state index in [0.29, 0.717) is 6.61 Å². The molecule has 0 atom stereocenters. The van der Waals surface area contributed by atoms with Gasteiger partial charge in [0, 0.05) is 35.1 Å². The maximum atomic E-state index is 11.6. The van der Waals surface area contributed by atoms with E-state index in [9.17, 15) is 17.8 Å². The van der Waals surface area contributed by atoms with E-state index in [2.05, 4.69) is 6.92 Å². The summed E-state index contributed by atoms with van der Waals surface area (Å²) in [6.07, 6.45) is 17.7. The van der Waals surface area contributed by atoms with Crippen LogP contribution in [0.15, 0.2) is 23.1 Å². The Morgan fingerprint density at radius 3 is 1.71 bits per heavy atom. The average molecular weight is 464 g/mol. The second-order valence-electron chi connectivity index (χ2n) is 8.14. The number of ketones is 1. The molecule has 0 aliphatic heterocycles. The zero-order chi connectivity index (χ0) is 22.2. The fourth-order valence-corrected chi connectivity index (χ4v) is 4.18. The molecule has 173 valence electrons. The van der Waals surface area contributed by atoms with Crippen LogP contribution >= 0.6 is 0 Å². The number of benzene rings is 1. The van der Waals surface area contributed by atoms with Crippen LogP contribution in [0.3, 0.4) is 0 Å². The second kappa shape index (κ2) is 18.1. The van der Waals surface area contributed by atoms with Gasteiger partial charge in [0.05, 0.1) is 6.61 Å². The molecule has 1 rings (SSSR count). The standard InChI is InChI=1S/C24H40O5S.Na/c1-3-4-5-6-7-8-9-10-11-12-13-14-15-16-19-29-23-18-17-22(21(2)25)20-24(23)30(26,27)28;/h17-18,20H,3-16,19H2,1-2H3,(H,26,27,28);. The predicted octanol–water partition coefficient (Wildman–Crippen LogP) is 6.62. The number of carbonyl (C=O) groups is 1. The summed E-state index contributed by atoms with van der Waals surface area (Å²) < 4.78 is 38.0. The number of hydrogen-bond acceptors (Lipinski definition) is 4. The molecule has 0 heterocycles. The minimum atomic E-state index is -4.44. The van der Waals surface area contributed by atoms with Gasteiger partial charge in [0.2, 0.25) is 0 Å². The van der Waals surface area contributed by atoms with Gasteiger partial charge in [0.15, 0.2) is 5.78 Å². The van der Waals surface area contributed by atoms with Gasteiger partial charge in [-0.2, -0.15) is 8.42 Å². The molecule has 0 aliphatic carbocycles. The molecule has 1 aromatic carbocycles. The average Bonchev–Trinajstić information content (AvgIpc) is 2.70. The molecule has 0 unspecified atom stereocenters. The van der Waals surface area contributed by atoms with Crippen LogP contribution in [0.25, 0.3) is 0 Å². The SMILES string of the molecule is CCCCCCCCCCCCCCCCOc1ccc(C(C)=O)cc1S(=O)(=O)O.[Na]. The van der Waals surface area contributed by atoms with Crippen LogP contribution in [0.5, 0.6) is 5.75 Å². The van der Waals surface area contributed by atoms with E-state index >= 15 is 0 Å². The topological polar surface area (TPSA) is 80.7 Å². The predicted molar refractivity (Wildman–Crippen MR) is 128 cm³/mol. The van der Waals surface area contributed by atoms with Crippen molar-refractivity contribution in [1.82, 2.24) is 0 Å². The smallest absolute Gasteiger partial charge is 0.298 e. The summed E-state index contributed by atoms with van der Waals surface area (Å²) >= 11 is 0. The number of unbranched alkanes of at least 4 members (excludes halogenated alkanes) is 13. The summed E-state index contributed by atoms with van der Waals surface area (Å²) in [7, 11) is -4.44. The molecule has 0 fully saturated rings. The summed E-state index contributed by atoms with van der Waals surface area (Å²) in [5.41, 5.74) is 0.228. The maximum absolute atomic E-state index is 11.6. The maximum Gasteiger partial charge on any atom is 0.298 e. The first-order valence-corrected chi connectivity index (χ1v) is 13.1. The Hall–Kier alpha value is -0.400. The van der Waals surface area contributed by atoms with Crippen molar-refractivity contribution in [1.29, 1.82) is 0 Å². The Labute approximate surface area is 211 Å².